The van der Waals surface area contributed by atoms with Gasteiger partial charge >= 0.3 is 18.2 Å². The van der Waals surface area contributed by atoms with Gasteiger partial charge < -0.3 is 15.2 Å². The van der Waals surface area contributed by atoms with Gasteiger partial charge in [-0.2, -0.15) is 0 Å². The first-order valence-electron chi connectivity index (χ1n) is 4.28. The fourth-order valence-corrected chi connectivity index (χ4v) is 1.43. The molecule has 0 unspecified atom stereocenters. The number of aliphatic carboxylic acids is 1. The van der Waals surface area contributed by atoms with Crippen LogP contribution in [0, 0.1) is 0 Å². The van der Waals surface area contributed by atoms with Gasteiger partial charge in [0.1, 0.15) is 5.75 Å². The van der Waals surface area contributed by atoms with Crippen LogP contribution >= 0.6 is 15.9 Å². The zero-order valence-electron chi connectivity index (χ0n) is 8.42. The average molecular weight is 328 g/mol. The molecule has 0 aliphatic heterocycles. The van der Waals surface area contributed by atoms with Crippen LogP contribution in [0.25, 0.3) is 0 Å². The summed E-state index contributed by atoms with van der Waals surface area (Å²) < 4.78 is 39.4. The summed E-state index contributed by atoms with van der Waals surface area (Å²) >= 11 is 2.80. The van der Waals surface area contributed by atoms with Gasteiger partial charge in [0.2, 0.25) is 0 Å². The van der Waals surface area contributed by atoms with Crippen molar-refractivity contribution in [3.63, 3.8) is 0 Å². The smallest absolute Gasteiger partial charge is 0.474 e. The zero-order chi connectivity index (χ0) is 13.9. The summed E-state index contributed by atoms with van der Waals surface area (Å²) in [5, 5.41) is 10.3. The summed E-state index contributed by atoms with van der Waals surface area (Å²) in [6, 6.07) is 3.10. The van der Waals surface area contributed by atoms with Crippen LogP contribution in [0.5, 0.6) is 5.75 Å². The highest BCUT2D eigenvalue weighted by Gasteiger charge is 2.32. The fraction of sp³-hybridized carbons (Fsp3) is 0.111. The van der Waals surface area contributed by atoms with Crippen LogP contribution in [0.3, 0.4) is 0 Å². The van der Waals surface area contributed by atoms with Crippen molar-refractivity contribution in [1.29, 1.82) is 0 Å². The van der Waals surface area contributed by atoms with Gasteiger partial charge in [-0.05, 0) is 34.1 Å². The Bertz CT molecular complexity index is 489. The monoisotopic (exact) mass is 327 g/mol. The van der Waals surface area contributed by atoms with E-state index in [-0.39, 0.29) is 10.2 Å². The number of carboxylic acid groups (broad SMARTS) is 1. The molecule has 2 N–H and O–H groups in total. The molecule has 1 amide bonds. The first-order valence-corrected chi connectivity index (χ1v) is 5.08. The second-order valence-electron chi connectivity index (χ2n) is 2.95. The number of nitrogens with one attached hydrogen (secondary N) is 1. The quantitative estimate of drug-likeness (QED) is 0.818. The fourth-order valence-electron chi connectivity index (χ4n) is 0.971. The number of ether oxygens (including phenoxy) is 1. The Kier molecular flexibility index (Phi) is 4.17. The van der Waals surface area contributed by atoms with Gasteiger partial charge in [0.25, 0.3) is 0 Å². The third-order valence-electron chi connectivity index (χ3n) is 1.61. The molecule has 0 saturated carbocycles. The van der Waals surface area contributed by atoms with Gasteiger partial charge in [-0.3, -0.25) is 4.79 Å². The van der Waals surface area contributed by atoms with Crippen molar-refractivity contribution < 1.29 is 32.6 Å². The van der Waals surface area contributed by atoms with Crippen LogP contribution in [0.4, 0.5) is 18.9 Å². The first kappa shape index (κ1) is 14.3. The second kappa shape index (κ2) is 5.25. The molecule has 98 valence electrons. The molecular weight excluding hydrogens is 323 g/mol. The summed E-state index contributed by atoms with van der Waals surface area (Å²) in [6.45, 7) is 0. The van der Waals surface area contributed by atoms with Gasteiger partial charge in [0, 0.05) is 5.69 Å². The largest absolute Gasteiger partial charge is 0.573 e. The van der Waals surface area contributed by atoms with Crippen molar-refractivity contribution in [3.8, 4) is 5.75 Å². The maximum atomic E-state index is 11.9. The Morgan fingerprint density at radius 2 is 1.94 bits per heavy atom. The van der Waals surface area contributed by atoms with Gasteiger partial charge in [-0.25, -0.2) is 4.79 Å². The molecule has 0 bridgehead atoms. The lowest BCUT2D eigenvalue weighted by atomic mass is 10.3. The van der Waals surface area contributed by atoms with E-state index in [2.05, 4.69) is 20.7 Å². The minimum absolute atomic E-state index is 0.0174. The lowest BCUT2D eigenvalue weighted by Crippen LogP contribution is -2.22. The summed E-state index contributed by atoms with van der Waals surface area (Å²) in [4.78, 5) is 21.0. The molecule has 0 saturated heterocycles. The highest BCUT2D eigenvalue weighted by molar-refractivity contribution is 9.10. The van der Waals surface area contributed by atoms with E-state index < -0.39 is 24.0 Å². The van der Waals surface area contributed by atoms with Crippen LogP contribution < -0.4 is 10.1 Å². The number of hydrogen-bond donors (Lipinski definition) is 2. The Hall–Kier alpha value is -1.77. The number of carbonyl (C=O) groups is 2. The third-order valence-corrected chi connectivity index (χ3v) is 2.23. The van der Waals surface area contributed by atoms with Crippen LogP contribution in [-0.2, 0) is 9.59 Å². The third kappa shape index (κ3) is 4.24. The molecule has 0 aliphatic rings. The molecule has 0 aromatic heterocycles. The van der Waals surface area contributed by atoms with Gasteiger partial charge in [0.05, 0.1) is 4.47 Å². The lowest BCUT2D eigenvalue weighted by molar-refractivity contribution is -0.274. The van der Waals surface area contributed by atoms with E-state index in [1.165, 1.54) is 0 Å². The number of carbonyl (C=O) groups excluding carboxylic acids is 1. The summed E-state index contributed by atoms with van der Waals surface area (Å²) in [7, 11) is 0. The number of hydrogen-bond acceptors (Lipinski definition) is 3. The number of anilines is 1. The molecule has 5 nitrogen and oxygen atoms in total. The highest BCUT2D eigenvalue weighted by Crippen LogP contribution is 2.32. The minimum atomic E-state index is -4.84. The van der Waals surface area contributed by atoms with Gasteiger partial charge in [0.15, 0.2) is 0 Å². The second-order valence-corrected chi connectivity index (χ2v) is 3.81. The standard InChI is InChI=1S/C9H5BrF3NO4/c10-5-3-4(14-7(15)8(16)17)1-2-6(5)18-9(11,12)13/h1-3H,(H,14,15)(H,16,17). The zero-order valence-corrected chi connectivity index (χ0v) is 10.0. The molecule has 0 aliphatic carbocycles. The molecule has 0 heterocycles. The van der Waals surface area contributed by atoms with E-state index in [0.717, 1.165) is 18.2 Å². The predicted octanol–water partition coefficient (Wildman–Crippen LogP) is 2.37. The van der Waals surface area contributed by atoms with Gasteiger partial charge in [-0.15, -0.1) is 13.2 Å². The van der Waals surface area contributed by atoms with E-state index in [1.54, 1.807) is 0 Å². The molecule has 9 heteroatoms. The maximum absolute atomic E-state index is 11.9. The summed E-state index contributed by atoms with van der Waals surface area (Å²) in [6.07, 6.45) is -4.84. The number of alkyl halides is 3. The minimum Gasteiger partial charge on any atom is -0.474 e. The molecule has 1 aromatic carbocycles. The molecule has 1 aromatic rings. The van der Waals surface area contributed by atoms with E-state index in [4.69, 9.17) is 5.11 Å². The van der Waals surface area contributed by atoms with Gasteiger partial charge in [-0.1, -0.05) is 0 Å². The number of carboxylic acids is 1. The van der Waals surface area contributed by atoms with E-state index in [9.17, 15) is 22.8 Å². The van der Waals surface area contributed by atoms with Crippen LogP contribution in [0.15, 0.2) is 22.7 Å². The Balaban J connectivity index is 2.86. The number of halogens is 4. The molecule has 1 rings (SSSR count). The SMILES string of the molecule is O=C(O)C(=O)Nc1ccc(OC(F)(F)F)c(Br)c1. The van der Waals surface area contributed by atoms with E-state index in [1.807, 2.05) is 5.32 Å². The van der Waals surface area contributed by atoms with Crippen molar-refractivity contribution in [2.24, 2.45) is 0 Å². The van der Waals surface area contributed by atoms with E-state index >= 15 is 0 Å². The Morgan fingerprint density at radius 1 is 1.33 bits per heavy atom. The molecule has 0 spiro atoms. The van der Waals surface area contributed by atoms with Crippen molar-refractivity contribution in [3.05, 3.63) is 22.7 Å². The Morgan fingerprint density at radius 3 is 2.39 bits per heavy atom. The number of rotatable bonds is 2. The van der Waals surface area contributed by atoms with Crippen molar-refractivity contribution in [1.82, 2.24) is 0 Å². The van der Waals surface area contributed by atoms with Crippen molar-refractivity contribution in [2.45, 2.75) is 6.36 Å². The number of amides is 1. The van der Waals surface area contributed by atoms with Crippen molar-refractivity contribution >= 4 is 33.5 Å². The lowest BCUT2D eigenvalue weighted by Gasteiger charge is -2.11. The molecule has 0 atom stereocenters. The average Bonchev–Trinajstić information content (AvgIpc) is 2.20. The molecule has 0 radical (unpaired) electrons. The van der Waals surface area contributed by atoms with Crippen LogP contribution in [0.1, 0.15) is 0 Å². The van der Waals surface area contributed by atoms with Crippen LogP contribution in [-0.4, -0.2) is 23.3 Å². The molecule has 0 fully saturated rings. The topological polar surface area (TPSA) is 75.6 Å². The summed E-state index contributed by atoms with van der Waals surface area (Å²) in [5.41, 5.74) is 0.0174. The first-order chi connectivity index (χ1) is 8.19. The normalized spacial score (nSPS) is 10.9. The maximum Gasteiger partial charge on any atom is 0.573 e. The molecular formula is C9H5BrF3NO4. The summed E-state index contributed by atoms with van der Waals surface area (Å²) in [5.74, 6) is -3.51. The Labute approximate surface area is 107 Å². The van der Waals surface area contributed by atoms with Crippen molar-refractivity contribution in [2.75, 3.05) is 5.32 Å². The molecule has 18 heavy (non-hydrogen) atoms. The predicted molar refractivity (Wildman–Crippen MR) is 57.1 cm³/mol. The van der Waals surface area contributed by atoms with Crippen LogP contribution in [0.2, 0.25) is 0 Å². The highest BCUT2D eigenvalue weighted by atomic mass is 79.9. The number of benzene rings is 1. The van der Waals surface area contributed by atoms with E-state index in [0.29, 0.717) is 0 Å².